The fourth-order valence-electron chi connectivity index (χ4n) is 0.907. The van der Waals surface area contributed by atoms with Crippen LogP contribution in [0.5, 0.6) is 0 Å². The minimum atomic E-state index is 0.481. The second-order valence-corrected chi connectivity index (χ2v) is 3.17. The fourth-order valence-corrected chi connectivity index (χ4v) is 1.20. The van der Waals surface area contributed by atoms with Crippen molar-refractivity contribution in [3.63, 3.8) is 0 Å². The number of hydrogen-bond acceptors (Lipinski definition) is 3. The van der Waals surface area contributed by atoms with E-state index in [1.807, 2.05) is 0 Å². The van der Waals surface area contributed by atoms with Gasteiger partial charge in [0.05, 0.1) is 15.7 Å². The molecule has 2 aromatic rings. The highest BCUT2D eigenvalue weighted by Gasteiger charge is 2.01. The van der Waals surface area contributed by atoms with Crippen LogP contribution >= 0.6 is 23.2 Å². The first kappa shape index (κ1) is 8.47. The highest BCUT2D eigenvalue weighted by molar-refractivity contribution is 6.42. The van der Waals surface area contributed by atoms with Gasteiger partial charge in [0.25, 0.3) is 0 Å². The molecule has 0 aliphatic heterocycles. The molecule has 0 N–H and O–H groups in total. The van der Waals surface area contributed by atoms with E-state index in [1.165, 1.54) is 11.0 Å². The summed E-state index contributed by atoms with van der Waals surface area (Å²) in [5.74, 6) is 0. The molecule has 0 aliphatic carbocycles. The summed E-state index contributed by atoms with van der Waals surface area (Å²) in [5.41, 5.74) is 0.777. The number of nitrogens with zero attached hydrogens (tertiary/aromatic N) is 4. The summed E-state index contributed by atoms with van der Waals surface area (Å²) in [6, 6.07) is 5.17. The number of benzene rings is 1. The van der Waals surface area contributed by atoms with Gasteiger partial charge in [-0.3, -0.25) is 0 Å². The summed E-state index contributed by atoms with van der Waals surface area (Å²) >= 11 is 11.6. The van der Waals surface area contributed by atoms with Crippen molar-refractivity contribution in [1.29, 1.82) is 0 Å². The summed E-state index contributed by atoms with van der Waals surface area (Å²) in [6.45, 7) is 0. The molecule has 0 saturated heterocycles. The largest absolute Gasteiger partial charge is 0.201 e. The minimum Gasteiger partial charge on any atom is -0.201 e. The second kappa shape index (κ2) is 3.32. The van der Waals surface area contributed by atoms with Gasteiger partial charge in [0.2, 0.25) is 0 Å². The molecular formula is C7H4Cl2N4. The van der Waals surface area contributed by atoms with E-state index in [2.05, 4.69) is 15.5 Å². The van der Waals surface area contributed by atoms with E-state index in [-0.39, 0.29) is 0 Å². The lowest BCUT2D eigenvalue weighted by atomic mass is 10.3. The van der Waals surface area contributed by atoms with Crippen LogP contribution in [0.25, 0.3) is 5.69 Å². The quantitative estimate of drug-likeness (QED) is 0.730. The summed E-state index contributed by atoms with van der Waals surface area (Å²) in [6.07, 6.45) is 1.49. The van der Waals surface area contributed by atoms with Crippen LogP contribution in [0, 0.1) is 0 Å². The molecular weight excluding hydrogens is 211 g/mol. The highest BCUT2D eigenvalue weighted by Crippen LogP contribution is 2.23. The van der Waals surface area contributed by atoms with Crippen LogP contribution in [0.15, 0.2) is 24.5 Å². The van der Waals surface area contributed by atoms with Crippen molar-refractivity contribution >= 4 is 23.2 Å². The summed E-state index contributed by atoms with van der Waals surface area (Å²) in [4.78, 5) is 0. The maximum Gasteiger partial charge on any atom is 0.143 e. The van der Waals surface area contributed by atoms with Crippen LogP contribution in [0.1, 0.15) is 0 Å². The number of aromatic nitrogens is 4. The molecule has 4 nitrogen and oxygen atoms in total. The molecule has 0 fully saturated rings. The number of tetrazole rings is 1. The predicted molar refractivity (Wildman–Crippen MR) is 49.2 cm³/mol. The van der Waals surface area contributed by atoms with E-state index in [4.69, 9.17) is 23.2 Å². The van der Waals surface area contributed by atoms with Gasteiger partial charge in [-0.2, -0.15) is 0 Å². The van der Waals surface area contributed by atoms with Gasteiger partial charge in [0.15, 0.2) is 0 Å². The Morgan fingerprint density at radius 2 is 2.00 bits per heavy atom. The van der Waals surface area contributed by atoms with Gasteiger partial charge in [-0.15, -0.1) is 5.10 Å². The molecule has 13 heavy (non-hydrogen) atoms. The molecule has 6 heteroatoms. The van der Waals surface area contributed by atoms with E-state index >= 15 is 0 Å². The molecule has 2 rings (SSSR count). The fraction of sp³-hybridized carbons (Fsp3) is 0. The van der Waals surface area contributed by atoms with Crippen LogP contribution in [0.3, 0.4) is 0 Å². The standard InChI is InChI=1S/C7H4Cl2N4/c8-6-2-1-5(3-7(6)9)13-4-10-11-12-13/h1-4H. The molecule has 0 bridgehead atoms. The molecule has 0 spiro atoms. The van der Waals surface area contributed by atoms with Gasteiger partial charge in [-0.05, 0) is 28.6 Å². The molecule has 66 valence electrons. The molecule has 1 heterocycles. The molecule has 0 aliphatic rings. The molecule has 0 radical (unpaired) electrons. The first-order chi connectivity index (χ1) is 6.27. The Labute approximate surface area is 84.1 Å². The van der Waals surface area contributed by atoms with Crippen LogP contribution < -0.4 is 0 Å². The van der Waals surface area contributed by atoms with Crippen LogP contribution in [0.4, 0.5) is 0 Å². The van der Waals surface area contributed by atoms with Gasteiger partial charge in [-0.25, -0.2) is 4.68 Å². The van der Waals surface area contributed by atoms with Crippen molar-refractivity contribution in [3.05, 3.63) is 34.6 Å². The molecule has 0 amide bonds. The molecule has 1 aromatic heterocycles. The van der Waals surface area contributed by atoms with Crippen molar-refractivity contribution in [2.45, 2.75) is 0 Å². The van der Waals surface area contributed by atoms with E-state index in [9.17, 15) is 0 Å². The maximum absolute atomic E-state index is 5.82. The zero-order valence-corrected chi connectivity index (χ0v) is 7.87. The molecule has 0 atom stereocenters. The van der Waals surface area contributed by atoms with Gasteiger partial charge in [0.1, 0.15) is 6.33 Å². The van der Waals surface area contributed by atoms with Crippen molar-refractivity contribution in [3.8, 4) is 5.69 Å². The van der Waals surface area contributed by atoms with Crippen LogP contribution in [-0.4, -0.2) is 20.2 Å². The van der Waals surface area contributed by atoms with Crippen LogP contribution in [0.2, 0.25) is 10.0 Å². The SMILES string of the molecule is Clc1ccc(-n2cnnn2)cc1Cl. The predicted octanol–water partition coefficient (Wildman–Crippen LogP) is 1.97. The van der Waals surface area contributed by atoms with E-state index in [0.29, 0.717) is 10.0 Å². The van der Waals surface area contributed by atoms with Crippen molar-refractivity contribution in [2.24, 2.45) is 0 Å². The third kappa shape index (κ3) is 1.64. The van der Waals surface area contributed by atoms with Gasteiger partial charge < -0.3 is 0 Å². The maximum atomic E-state index is 5.82. The monoisotopic (exact) mass is 214 g/mol. The van der Waals surface area contributed by atoms with Gasteiger partial charge in [0, 0.05) is 0 Å². The van der Waals surface area contributed by atoms with E-state index in [0.717, 1.165) is 5.69 Å². The Balaban J connectivity index is 2.49. The van der Waals surface area contributed by atoms with Crippen molar-refractivity contribution < 1.29 is 0 Å². The first-order valence-electron chi connectivity index (χ1n) is 3.46. The average Bonchev–Trinajstić information content (AvgIpc) is 2.62. The van der Waals surface area contributed by atoms with Crippen LogP contribution in [-0.2, 0) is 0 Å². The number of hydrogen-bond donors (Lipinski definition) is 0. The van der Waals surface area contributed by atoms with Gasteiger partial charge >= 0.3 is 0 Å². The van der Waals surface area contributed by atoms with Crippen molar-refractivity contribution in [1.82, 2.24) is 20.2 Å². The summed E-state index contributed by atoms with van der Waals surface area (Å²) < 4.78 is 1.50. The van der Waals surface area contributed by atoms with E-state index in [1.54, 1.807) is 18.2 Å². The zero-order chi connectivity index (χ0) is 9.26. The lowest BCUT2D eigenvalue weighted by Gasteiger charge is -2.00. The first-order valence-corrected chi connectivity index (χ1v) is 4.21. The normalized spacial score (nSPS) is 10.3. The Bertz CT molecular complexity index is 412. The molecule has 0 unspecified atom stereocenters. The minimum absolute atomic E-state index is 0.481. The van der Waals surface area contributed by atoms with Crippen molar-refractivity contribution in [2.75, 3.05) is 0 Å². The van der Waals surface area contributed by atoms with E-state index < -0.39 is 0 Å². The lowest BCUT2D eigenvalue weighted by molar-refractivity contribution is 0.789. The smallest absolute Gasteiger partial charge is 0.143 e. The van der Waals surface area contributed by atoms with Gasteiger partial charge in [-0.1, -0.05) is 23.2 Å². The summed E-state index contributed by atoms with van der Waals surface area (Å²) in [7, 11) is 0. The summed E-state index contributed by atoms with van der Waals surface area (Å²) in [5, 5.41) is 11.7. The molecule has 1 aromatic carbocycles. The lowest BCUT2D eigenvalue weighted by Crippen LogP contribution is -1.94. The third-order valence-corrected chi connectivity index (χ3v) is 2.26. The third-order valence-electron chi connectivity index (χ3n) is 1.52. The highest BCUT2D eigenvalue weighted by atomic mass is 35.5. The Kier molecular flexibility index (Phi) is 2.16. The Morgan fingerprint density at radius 1 is 1.15 bits per heavy atom. The molecule has 0 saturated carbocycles. The Hall–Kier alpha value is -1.13. The zero-order valence-electron chi connectivity index (χ0n) is 6.35. The topological polar surface area (TPSA) is 43.6 Å². The average molecular weight is 215 g/mol. The second-order valence-electron chi connectivity index (χ2n) is 2.35. The Morgan fingerprint density at radius 3 is 2.62 bits per heavy atom. The number of rotatable bonds is 1. The number of halogens is 2.